The van der Waals surface area contributed by atoms with Crippen molar-refractivity contribution in [1.82, 2.24) is 9.97 Å². The van der Waals surface area contributed by atoms with Gasteiger partial charge in [-0.2, -0.15) is 0 Å². The van der Waals surface area contributed by atoms with Crippen molar-refractivity contribution in [3.8, 4) is 5.75 Å². The van der Waals surface area contributed by atoms with Crippen LogP contribution < -0.4 is 14.5 Å². The Hall–Kier alpha value is -4.66. The van der Waals surface area contributed by atoms with Crippen molar-refractivity contribution in [2.75, 3.05) is 31.0 Å². The van der Waals surface area contributed by atoms with E-state index in [9.17, 15) is 19.1 Å². The Morgan fingerprint density at radius 1 is 1.08 bits per heavy atom. The van der Waals surface area contributed by atoms with Gasteiger partial charge in [-0.3, -0.25) is 14.5 Å². The lowest BCUT2D eigenvalue weighted by molar-refractivity contribution is -0.132. The fourth-order valence-corrected chi connectivity index (χ4v) is 4.95. The standard InChI is InChI=1S/C29H27FN4O4/c1-15-12-16(2)27(38-5)20(13-15)25(35)23-24(17-6-9-19(10-7-17)33(3)4)34(28(37)26(23)36)29-31-21-11-8-18(30)14-22(21)32-29/h6-14,24,35H,1-5H3,(H,31,32)/b25-23+. The van der Waals surface area contributed by atoms with Gasteiger partial charge in [0.1, 0.15) is 17.3 Å². The van der Waals surface area contributed by atoms with Crippen LogP contribution in [0, 0.1) is 19.7 Å². The van der Waals surface area contributed by atoms with E-state index in [1.165, 1.54) is 30.2 Å². The van der Waals surface area contributed by atoms with Crippen LogP contribution >= 0.6 is 0 Å². The number of carbonyl (C=O) groups is 2. The molecule has 0 aliphatic carbocycles. The summed E-state index contributed by atoms with van der Waals surface area (Å²) >= 11 is 0. The van der Waals surface area contributed by atoms with Gasteiger partial charge in [0.05, 0.1) is 35.3 Å². The maximum absolute atomic E-state index is 13.9. The van der Waals surface area contributed by atoms with Crippen molar-refractivity contribution in [3.05, 3.63) is 88.2 Å². The molecule has 2 N–H and O–H groups in total. The van der Waals surface area contributed by atoms with Gasteiger partial charge in [-0.25, -0.2) is 9.37 Å². The monoisotopic (exact) mass is 514 g/mol. The molecule has 0 radical (unpaired) electrons. The highest BCUT2D eigenvalue weighted by atomic mass is 19.1. The number of aliphatic hydroxyl groups is 1. The molecule has 1 unspecified atom stereocenters. The van der Waals surface area contributed by atoms with Crippen LogP contribution in [0.3, 0.4) is 0 Å². The molecule has 1 atom stereocenters. The summed E-state index contributed by atoms with van der Waals surface area (Å²) in [5.74, 6) is -2.07. The minimum absolute atomic E-state index is 0.0702. The van der Waals surface area contributed by atoms with E-state index >= 15 is 0 Å². The predicted octanol–water partition coefficient (Wildman–Crippen LogP) is 5.02. The number of ether oxygens (including phenoxy) is 1. The van der Waals surface area contributed by atoms with E-state index in [0.29, 0.717) is 27.9 Å². The van der Waals surface area contributed by atoms with Crippen LogP contribution in [0.15, 0.2) is 60.2 Å². The van der Waals surface area contributed by atoms with Gasteiger partial charge in [-0.1, -0.05) is 18.2 Å². The fraction of sp³-hybridized carbons (Fsp3) is 0.207. The number of nitrogens with one attached hydrogen (secondary N) is 1. The number of halogens is 1. The van der Waals surface area contributed by atoms with Crippen molar-refractivity contribution in [2.24, 2.45) is 0 Å². The van der Waals surface area contributed by atoms with Gasteiger partial charge in [-0.15, -0.1) is 0 Å². The van der Waals surface area contributed by atoms with E-state index in [1.807, 2.05) is 51.0 Å². The third-order valence-electron chi connectivity index (χ3n) is 6.71. The number of hydrogen-bond acceptors (Lipinski definition) is 6. The Labute approximate surface area is 219 Å². The molecule has 0 saturated carbocycles. The Morgan fingerprint density at radius 2 is 1.79 bits per heavy atom. The summed E-state index contributed by atoms with van der Waals surface area (Å²) in [7, 11) is 5.29. The molecule has 1 aliphatic heterocycles. The number of anilines is 2. The van der Waals surface area contributed by atoms with E-state index in [-0.39, 0.29) is 17.3 Å². The molecule has 1 aromatic heterocycles. The first kappa shape index (κ1) is 25.0. The number of methoxy groups -OCH3 is 1. The van der Waals surface area contributed by atoms with Crippen LogP contribution in [-0.2, 0) is 9.59 Å². The van der Waals surface area contributed by atoms with Crippen LogP contribution in [0.5, 0.6) is 5.75 Å². The predicted molar refractivity (Wildman–Crippen MR) is 144 cm³/mol. The number of aromatic nitrogens is 2. The van der Waals surface area contributed by atoms with Crippen molar-refractivity contribution < 1.29 is 23.8 Å². The highest BCUT2D eigenvalue weighted by Gasteiger charge is 2.48. The smallest absolute Gasteiger partial charge is 0.302 e. The number of hydrogen-bond donors (Lipinski definition) is 2. The van der Waals surface area contributed by atoms with E-state index in [2.05, 4.69) is 9.97 Å². The van der Waals surface area contributed by atoms with E-state index in [1.54, 1.807) is 18.2 Å². The maximum atomic E-state index is 13.9. The van der Waals surface area contributed by atoms with Gasteiger partial charge in [0.15, 0.2) is 0 Å². The third kappa shape index (κ3) is 4.06. The zero-order chi connectivity index (χ0) is 27.3. The summed E-state index contributed by atoms with van der Waals surface area (Å²) in [6.07, 6.45) is 0. The number of fused-ring (bicyclic) bond motifs is 1. The van der Waals surface area contributed by atoms with Gasteiger partial charge >= 0.3 is 5.91 Å². The molecule has 0 bridgehead atoms. The zero-order valence-electron chi connectivity index (χ0n) is 21.7. The molecule has 8 nitrogen and oxygen atoms in total. The Bertz CT molecular complexity index is 1620. The van der Waals surface area contributed by atoms with Crippen molar-refractivity contribution in [3.63, 3.8) is 0 Å². The van der Waals surface area contributed by atoms with Crippen LogP contribution in [0.25, 0.3) is 16.8 Å². The second-order valence-corrected chi connectivity index (χ2v) is 9.54. The SMILES string of the molecule is COc1c(C)cc(C)cc1/C(O)=C1\C(=O)C(=O)N(c2nc3ccc(F)cc3[nH]2)C1c1ccc(N(C)C)cc1. The average Bonchev–Trinajstić information content (AvgIpc) is 3.40. The van der Waals surface area contributed by atoms with Crippen LogP contribution in [-0.4, -0.2) is 48.0 Å². The van der Waals surface area contributed by atoms with Crippen LogP contribution in [0.1, 0.15) is 28.3 Å². The minimum atomic E-state index is -0.998. The average molecular weight is 515 g/mol. The van der Waals surface area contributed by atoms with E-state index in [4.69, 9.17) is 4.74 Å². The number of rotatable bonds is 5. The fourth-order valence-electron chi connectivity index (χ4n) is 4.95. The first-order valence-electron chi connectivity index (χ1n) is 12.0. The third-order valence-corrected chi connectivity index (χ3v) is 6.71. The quantitative estimate of drug-likeness (QED) is 0.221. The van der Waals surface area contributed by atoms with Gasteiger partial charge in [-0.05, 0) is 66.9 Å². The number of H-pyrrole nitrogens is 1. The lowest BCUT2D eigenvalue weighted by Crippen LogP contribution is -2.30. The normalized spacial score (nSPS) is 16.9. The number of aromatic amines is 1. The van der Waals surface area contributed by atoms with Gasteiger partial charge in [0.25, 0.3) is 5.78 Å². The number of carbonyl (C=O) groups excluding carboxylic acids is 2. The van der Waals surface area contributed by atoms with Crippen LogP contribution in [0.4, 0.5) is 16.0 Å². The summed E-state index contributed by atoms with van der Waals surface area (Å²) < 4.78 is 19.4. The van der Waals surface area contributed by atoms with E-state index in [0.717, 1.165) is 16.8 Å². The lowest BCUT2D eigenvalue weighted by Gasteiger charge is -2.24. The number of ketones is 1. The number of aryl methyl sites for hydroxylation is 2. The van der Waals surface area contributed by atoms with Crippen molar-refractivity contribution in [2.45, 2.75) is 19.9 Å². The Balaban J connectivity index is 1.76. The molecular formula is C29H27FN4O4. The molecule has 2 heterocycles. The van der Waals surface area contributed by atoms with Crippen LogP contribution in [0.2, 0.25) is 0 Å². The molecule has 194 valence electrons. The lowest BCUT2D eigenvalue weighted by atomic mass is 9.93. The summed E-state index contributed by atoms with van der Waals surface area (Å²) in [5.41, 5.74) is 4.15. The molecule has 3 aromatic carbocycles. The number of nitrogens with zero attached hydrogens (tertiary/aromatic N) is 3. The van der Waals surface area contributed by atoms with E-state index < -0.39 is 23.5 Å². The van der Waals surface area contributed by atoms with Gasteiger partial charge in [0.2, 0.25) is 5.95 Å². The topological polar surface area (TPSA) is 98.8 Å². The number of benzene rings is 3. The first-order valence-corrected chi connectivity index (χ1v) is 12.0. The van der Waals surface area contributed by atoms with Crippen molar-refractivity contribution in [1.29, 1.82) is 0 Å². The highest BCUT2D eigenvalue weighted by Crippen LogP contribution is 2.43. The molecular weight excluding hydrogens is 487 g/mol. The summed E-state index contributed by atoms with van der Waals surface area (Å²) in [5, 5.41) is 11.6. The molecule has 1 aliphatic rings. The summed E-state index contributed by atoms with van der Waals surface area (Å²) in [6, 6.07) is 14.0. The zero-order valence-corrected chi connectivity index (χ0v) is 21.7. The molecule has 1 saturated heterocycles. The molecule has 9 heteroatoms. The number of amides is 1. The van der Waals surface area contributed by atoms with Gasteiger partial charge in [0, 0.05) is 19.8 Å². The molecule has 1 fully saturated rings. The molecule has 0 spiro atoms. The number of imidazole rings is 1. The minimum Gasteiger partial charge on any atom is -0.507 e. The molecule has 4 aromatic rings. The second-order valence-electron chi connectivity index (χ2n) is 9.54. The highest BCUT2D eigenvalue weighted by molar-refractivity contribution is 6.51. The Morgan fingerprint density at radius 3 is 2.45 bits per heavy atom. The van der Waals surface area contributed by atoms with Gasteiger partial charge < -0.3 is 19.7 Å². The Kier molecular flexibility index (Phi) is 6.14. The molecule has 5 rings (SSSR count). The number of Topliss-reactive ketones (excluding diaryl/α,β-unsaturated/α-hetero) is 1. The van der Waals surface area contributed by atoms with Crippen molar-refractivity contribution >= 4 is 40.1 Å². The first-order chi connectivity index (χ1) is 18.1. The maximum Gasteiger partial charge on any atom is 0.302 e. The largest absolute Gasteiger partial charge is 0.507 e. The summed E-state index contributed by atoms with van der Waals surface area (Å²) in [6.45, 7) is 3.71. The number of aliphatic hydroxyl groups excluding tert-OH is 1. The molecule has 1 amide bonds. The second kappa shape index (κ2) is 9.33. The molecule has 38 heavy (non-hydrogen) atoms. The summed E-state index contributed by atoms with van der Waals surface area (Å²) in [4.78, 5) is 37.6.